The number of nitrogens with zero attached hydrogens (tertiary/aromatic N) is 3. The van der Waals surface area contributed by atoms with Crippen molar-refractivity contribution in [3.05, 3.63) is 29.8 Å². The molecule has 1 fully saturated rings. The molecule has 1 atom stereocenters. The summed E-state index contributed by atoms with van der Waals surface area (Å²) in [6.45, 7) is 16.2. The van der Waals surface area contributed by atoms with E-state index < -0.39 is 0 Å². The standard InChI is InChI=1S/C23H40N4O.HI/c1-6-26(7-2)16-21-13-15-27(17-21)23(24-5)25-14-12-20-8-10-22(11-9-20)28-18-19(3)4;/h8-11,19,21H,6-7,12-18H2,1-5H3,(H,24,25);1H. The maximum atomic E-state index is 5.76. The Morgan fingerprint density at radius 3 is 2.52 bits per heavy atom. The van der Waals surface area contributed by atoms with Gasteiger partial charge in [-0.25, -0.2) is 0 Å². The summed E-state index contributed by atoms with van der Waals surface area (Å²) in [7, 11) is 1.89. The molecule has 0 aromatic heterocycles. The molecule has 1 heterocycles. The zero-order valence-electron chi connectivity index (χ0n) is 19.0. The second-order valence-electron chi connectivity index (χ2n) is 8.16. The van der Waals surface area contributed by atoms with Gasteiger partial charge in [0.2, 0.25) is 0 Å². The molecule has 1 N–H and O–H groups in total. The van der Waals surface area contributed by atoms with E-state index in [0.29, 0.717) is 5.92 Å². The Morgan fingerprint density at radius 1 is 1.24 bits per heavy atom. The summed E-state index contributed by atoms with van der Waals surface area (Å²) in [5.41, 5.74) is 1.32. The van der Waals surface area contributed by atoms with Crippen LogP contribution >= 0.6 is 24.0 Å². The molecule has 0 bridgehead atoms. The molecule has 1 saturated heterocycles. The number of nitrogens with one attached hydrogen (secondary N) is 1. The fourth-order valence-electron chi connectivity index (χ4n) is 3.69. The Kier molecular flexibility index (Phi) is 12.6. The van der Waals surface area contributed by atoms with Gasteiger partial charge in [-0.2, -0.15) is 0 Å². The van der Waals surface area contributed by atoms with Crippen molar-refractivity contribution in [2.45, 2.75) is 40.5 Å². The lowest BCUT2D eigenvalue weighted by Gasteiger charge is -2.24. The van der Waals surface area contributed by atoms with Gasteiger partial charge in [0.1, 0.15) is 5.75 Å². The van der Waals surface area contributed by atoms with Gasteiger partial charge in [0.25, 0.3) is 0 Å². The van der Waals surface area contributed by atoms with Crippen molar-refractivity contribution in [2.75, 3.05) is 52.9 Å². The highest BCUT2D eigenvalue weighted by atomic mass is 127. The van der Waals surface area contributed by atoms with Gasteiger partial charge >= 0.3 is 0 Å². The minimum Gasteiger partial charge on any atom is -0.493 e. The molecule has 1 aliphatic heterocycles. The minimum absolute atomic E-state index is 0. The third kappa shape index (κ3) is 9.11. The van der Waals surface area contributed by atoms with Gasteiger partial charge in [-0.05, 0) is 55.5 Å². The number of hydrogen-bond donors (Lipinski definition) is 1. The van der Waals surface area contributed by atoms with Crippen LogP contribution in [0.5, 0.6) is 5.75 Å². The van der Waals surface area contributed by atoms with E-state index in [-0.39, 0.29) is 24.0 Å². The van der Waals surface area contributed by atoms with E-state index in [0.717, 1.165) is 63.4 Å². The van der Waals surface area contributed by atoms with Crippen LogP contribution < -0.4 is 10.1 Å². The highest BCUT2D eigenvalue weighted by molar-refractivity contribution is 14.0. The van der Waals surface area contributed by atoms with Crippen LogP contribution in [0.1, 0.15) is 39.7 Å². The third-order valence-corrected chi connectivity index (χ3v) is 5.41. The summed E-state index contributed by atoms with van der Waals surface area (Å²) < 4.78 is 5.76. The van der Waals surface area contributed by atoms with Gasteiger partial charge in [0.05, 0.1) is 6.61 Å². The van der Waals surface area contributed by atoms with Crippen LogP contribution in [-0.4, -0.2) is 68.7 Å². The van der Waals surface area contributed by atoms with Crippen molar-refractivity contribution in [2.24, 2.45) is 16.8 Å². The highest BCUT2D eigenvalue weighted by Gasteiger charge is 2.25. The first kappa shape index (κ1) is 26.0. The van der Waals surface area contributed by atoms with Crippen LogP contribution in [0.25, 0.3) is 0 Å². The summed E-state index contributed by atoms with van der Waals surface area (Å²) in [6.07, 6.45) is 2.25. The minimum atomic E-state index is 0. The van der Waals surface area contributed by atoms with Crippen molar-refractivity contribution in [1.82, 2.24) is 15.1 Å². The predicted molar refractivity (Wildman–Crippen MR) is 135 cm³/mol. The highest BCUT2D eigenvalue weighted by Crippen LogP contribution is 2.18. The van der Waals surface area contributed by atoms with Crippen LogP contribution in [0.3, 0.4) is 0 Å². The number of guanidine groups is 1. The molecule has 1 aromatic carbocycles. The SMILES string of the molecule is CCN(CC)CC1CCN(C(=NC)NCCc2ccc(OCC(C)C)cc2)C1.I. The first-order valence-corrected chi connectivity index (χ1v) is 10.9. The van der Waals surface area contributed by atoms with Crippen LogP contribution in [0.15, 0.2) is 29.3 Å². The molecular formula is C23H41IN4O. The topological polar surface area (TPSA) is 40.1 Å². The number of likely N-dealkylation sites (tertiary alicyclic amines) is 1. The van der Waals surface area contributed by atoms with E-state index in [1.54, 1.807) is 0 Å². The Balaban J connectivity index is 0.00000420. The maximum Gasteiger partial charge on any atom is 0.193 e. The molecule has 0 aliphatic carbocycles. The molecule has 1 aliphatic rings. The lowest BCUT2D eigenvalue weighted by atomic mass is 10.1. The smallest absolute Gasteiger partial charge is 0.193 e. The predicted octanol–water partition coefficient (Wildman–Crippen LogP) is 4.12. The first-order valence-electron chi connectivity index (χ1n) is 10.9. The molecule has 29 heavy (non-hydrogen) atoms. The molecule has 0 spiro atoms. The molecule has 6 heteroatoms. The summed E-state index contributed by atoms with van der Waals surface area (Å²) >= 11 is 0. The average molecular weight is 517 g/mol. The maximum absolute atomic E-state index is 5.76. The lowest BCUT2D eigenvalue weighted by molar-refractivity contribution is 0.255. The second-order valence-corrected chi connectivity index (χ2v) is 8.16. The van der Waals surface area contributed by atoms with Crippen molar-refractivity contribution >= 4 is 29.9 Å². The van der Waals surface area contributed by atoms with E-state index in [2.05, 4.69) is 72.1 Å². The summed E-state index contributed by atoms with van der Waals surface area (Å²) in [5.74, 6) is 3.29. The molecular weight excluding hydrogens is 475 g/mol. The molecule has 0 saturated carbocycles. The van der Waals surface area contributed by atoms with Crippen LogP contribution in [0, 0.1) is 11.8 Å². The summed E-state index contributed by atoms with van der Waals surface area (Å²) in [6, 6.07) is 8.47. The zero-order chi connectivity index (χ0) is 20.4. The first-order chi connectivity index (χ1) is 13.5. The molecule has 1 unspecified atom stereocenters. The van der Waals surface area contributed by atoms with Crippen molar-refractivity contribution in [3.8, 4) is 5.75 Å². The number of hydrogen-bond acceptors (Lipinski definition) is 3. The van der Waals surface area contributed by atoms with Crippen LogP contribution in [-0.2, 0) is 6.42 Å². The van der Waals surface area contributed by atoms with Gasteiger partial charge in [0, 0.05) is 33.2 Å². The molecule has 5 nitrogen and oxygen atoms in total. The Hall–Kier alpha value is -1.02. The molecule has 166 valence electrons. The van der Waals surface area contributed by atoms with E-state index in [1.165, 1.54) is 18.5 Å². The molecule has 0 radical (unpaired) electrons. The van der Waals surface area contributed by atoms with Crippen molar-refractivity contribution < 1.29 is 4.74 Å². The number of halogens is 1. The third-order valence-electron chi connectivity index (χ3n) is 5.41. The van der Waals surface area contributed by atoms with E-state index >= 15 is 0 Å². The average Bonchev–Trinajstić information content (AvgIpc) is 3.17. The van der Waals surface area contributed by atoms with Gasteiger partial charge in [-0.1, -0.05) is 39.8 Å². The molecule has 1 aromatic rings. The van der Waals surface area contributed by atoms with Gasteiger partial charge < -0.3 is 19.9 Å². The zero-order valence-corrected chi connectivity index (χ0v) is 21.3. The van der Waals surface area contributed by atoms with Gasteiger partial charge in [0.15, 0.2) is 5.96 Å². The van der Waals surface area contributed by atoms with Gasteiger partial charge in [-0.15, -0.1) is 24.0 Å². The fraction of sp³-hybridized carbons (Fsp3) is 0.696. The molecule has 0 amide bonds. The van der Waals surface area contributed by atoms with E-state index in [1.807, 2.05) is 7.05 Å². The Labute approximate surface area is 195 Å². The number of aliphatic imine (C=N–C) groups is 1. The summed E-state index contributed by atoms with van der Waals surface area (Å²) in [5, 5.41) is 3.55. The largest absolute Gasteiger partial charge is 0.493 e. The Morgan fingerprint density at radius 2 is 1.93 bits per heavy atom. The summed E-state index contributed by atoms with van der Waals surface area (Å²) in [4.78, 5) is 9.45. The number of rotatable bonds is 10. The quantitative estimate of drug-likeness (QED) is 0.289. The lowest BCUT2D eigenvalue weighted by Crippen LogP contribution is -2.41. The molecule has 2 rings (SSSR count). The van der Waals surface area contributed by atoms with Crippen LogP contribution in [0.2, 0.25) is 0 Å². The van der Waals surface area contributed by atoms with E-state index in [4.69, 9.17) is 4.74 Å². The second kappa shape index (κ2) is 14.1. The van der Waals surface area contributed by atoms with Crippen molar-refractivity contribution in [3.63, 3.8) is 0 Å². The van der Waals surface area contributed by atoms with E-state index in [9.17, 15) is 0 Å². The monoisotopic (exact) mass is 516 g/mol. The normalized spacial score (nSPS) is 17.0. The van der Waals surface area contributed by atoms with Crippen LogP contribution in [0.4, 0.5) is 0 Å². The number of benzene rings is 1. The number of ether oxygens (including phenoxy) is 1. The van der Waals surface area contributed by atoms with Gasteiger partial charge in [-0.3, -0.25) is 4.99 Å². The van der Waals surface area contributed by atoms with Crippen molar-refractivity contribution in [1.29, 1.82) is 0 Å². The fourth-order valence-corrected chi connectivity index (χ4v) is 3.69. The Bertz CT molecular complexity index is 587.